The minimum absolute atomic E-state index is 0.0141. The van der Waals surface area contributed by atoms with Gasteiger partial charge in [-0.05, 0) is 24.1 Å². The number of nitro groups is 1. The van der Waals surface area contributed by atoms with E-state index >= 15 is 0 Å². The molecule has 1 aromatic heterocycles. The second-order valence-electron chi connectivity index (χ2n) is 5.53. The molecule has 0 aliphatic rings. The summed E-state index contributed by atoms with van der Waals surface area (Å²) in [5, 5.41) is 11.3. The third kappa shape index (κ3) is 4.28. The Morgan fingerprint density at radius 1 is 1.24 bits per heavy atom. The first-order valence-electron chi connectivity index (χ1n) is 7.95. The minimum Gasteiger partial charge on any atom is -0.497 e. The standard InChI is InChI=1S/C17H22N4O4/c1-3-4-9-25-17-13(10-11-5-7-12(24-2)8-6-11)14(18)15(21(22)23)16(19)20-17/h5-8H,3-4,9-10H2,1-2H3,(H4,18,19,20). The van der Waals surface area contributed by atoms with Crippen molar-refractivity contribution < 1.29 is 14.4 Å². The van der Waals surface area contributed by atoms with Crippen molar-refractivity contribution in [2.45, 2.75) is 26.2 Å². The van der Waals surface area contributed by atoms with Gasteiger partial charge in [0.15, 0.2) is 0 Å². The number of ether oxygens (including phenoxy) is 2. The topological polar surface area (TPSA) is 127 Å². The molecule has 0 saturated heterocycles. The fourth-order valence-electron chi connectivity index (χ4n) is 2.37. The number of hydrogen-bond donors (Lipinski definition) is 2. The highest BCUT2D eigenvalue weighted by molar-refractivity contribution is 5.75. The third-order valence-corrected chi connectivity index (χ3v) is 3.76. The van der Waals surface area contributed by atoms with E-state index in [-0.39, 0.29) is 23.1 Å². The van der Waals surface area contributed by atoms with E-state index in [1.165, 1.54) is 0 Å². The molecule has 0 aliphatic heterocycles. The van der Waals surface area contributed by atoms with Crippen molar-refractivity contribution in [2.75, 3.05) is 25.2 Å². The van der Waals surface area contributed by atoms with Crippen LogP contribution in [0.1, 0.15) is 30.9 Å². The Labute approximate surface area is 145 Å². The highest BCUT2D eigenvalue weighted by Gasteiger charge is 2.25. The van der Waals surface area contributed by atoms with Crippen LogP contribution in [0.5, 0.6) is 11.6 Å². The molecule has 8 heteroatoms. The van der Waals surface area contributed by atoms with Crippen LogP contribution in [0.3, 0.4) is 0 Å². The van der Waals surface area contributed by atoms with Gasteiger partial charge in [-0.2, -0.15) is 4.98 Å². The van der Waals surface area contributed by atoms with Crippen LogP contribution < -0.4 is 20.9 Å². The summed E-state index contributed by atoms with van der Waals surface area (Å²) < 4.78 is 10.8. The molecule has 0 aliphatic carbocycles. The summed E-state index contributed by atoms with van der Waals surface area (Å²) in [6.45, 7) is 2.48. The molecule has 0 unspecified atom stereocenters. The summed E-state index contributed by atoms with van der Waals surface area (Å²) in [5.74, 6) is 0.718. The molecule has 2 aromatic rings. The van der Waals surface area contributed by atoms with E-state index in [1.54, 1.807) is 7.11 Å². The van der Waals surface area contributed by atoms with Crippen LogP contribution in [0.4, 0.5) is 17.2 Å². The van der Waals surface area contributed by atoms with Gasteiger partial charge in [-0.15, -0.1) is 0 Å². The van der Waals surface area contributed by atoms with Crippen LogP contribution in [0.2, 0.25) is 0 Å². The number of nitrogens with zero attached hydrogens (tertiary/aromatic N) is 2. The number of nitrogen functional groups attached to an aromatic ring is 2. The van der Waals surface area contributed by atoms with Gasteiger partial charge in [0.2, 0.25) is 11.7 Å². The van der Waals surface area contributed by atoms with Crippen molar-refractivity contribution in [1.82, 2.24) is 4.98 Å². The maximum atomic E-state index is 11.3. The third-order valence-electron chi connectivity index (χ3n) is 3.76. The summed E-state index contributed by atoms with van der Waals surface area (Å²) in [5.41, 5.74) is 12.7. The summed E-state index contributed by atoms with van der Waals surface area (Å²) >= 11 is 0. The zero-order valence-corrected chi connectivity index (χ0v) is 14.3. The van der Waals surface area contributed by atoms with Gasteiger partial charge in [0.25, 0.3) is 0 Å². The Morgan fingerprint density at radius 2 is 1.92 bits per heavy atom. The number of rotatable bonds is 8. The second kappa shape index (κ2) is 8.18. The van der Waals surface area contributed by atoms with Gasteiger partial charge in [-0.3, -0.25) is 10.1 Å². The van der Waals surface area contributed by atoms with Crippen LogP contribution in [0, 0.1) is 10.1 Å². The van der Waals surface area contributed by atoms with Gasteiger partial charge < -0.3 is 20.9 Å². The van der Waals surface area contributed by atoms with E-state index in [9.17, 15) is 10.1 Å². The number of hydrogen-bond acceptors (Lipinski definition) is 7. The predicted molar refractivity (Wildman–Crippen MR) is 95.9 cm³/mol. The minimum atomic E-state index is -0.620. The molecule has 134 valence electrons. The van der Waals surface area contributed by atoms with Crippen LogP contribution in [-0.2, 0) is 6.42 Å². The van der Waals surface area contributed by atoms with E-state index < -0.39 is 4.92 Å². The molecule has 8 nitrogen and oxygen atoms in total. The molecular weight excluding hydrogens is 324 g/mol. The first-order chi connectivity index (χ1) is 12.0. The number of anilines is 2. The Kier molecular flexibility index (Phi) is 5.99. The van der Waals surface area contributed by atoms with E-state index in [0.29, 0.717) is 18.6 Å². The lowest BCUT2D eigenvalue weighted by Gasteiger charge is -2.14. The zero-order chi connectivity index (χ0) is 18.4. The van der Waals surface area contributed by atoms with Crippen LogP contribution in [0.15, 0.2) is 24.3 Å². The van der Waals surface area contributed by atoms with Gasteiger partial charge >= 0.3 is 5.69 Å². The normalized spacial score (nSPS) is 10.5. The molecule has 1 heterocycles. The molecule has 0 spiro atoms. The van der Waals surface area contributed by atoms with Crippen molar-refractivity contribution in [1.29, 1.82) is 0 Å². The van der Waals surface area contributed by atoms with Crippen molar-refractivity contribution >= 4 is 17.2 Å². The number of aromatic nitrogens is 1. The molecular formula is C17H22N4O4. The second-order valence-corrected chi connectivity index (χ2v) is 5.53. The van der Waals surface area contributed by atoms with Gasteiger partial charge in [0.1, 0.15) is 11.4 Å². The lowest BCUT2D eigenvalue weighted by atomic mass is 10.0. The molecule has 0 amide bonds. The summed E-state index contributed by atoms with van der Waals surface area (Å²) in [6.07, 6.45) is 2.12. The lowest BCUT2D eigenvalue weighted by molar-refractivity contribution is -0.383. The smallest absolute Gasteiger partial charge is 0.334 e. The highest BCUT2D eigenvalue weighted by Crippen LogP contribution is 2.37. The maximum absolute atomic E-state index is 11.3. The molecule has 4 N–H and O–H groups in total. The van der Waals surface area contributed by atoms with Gasteiger partial charge in [0, 0.05) is 12.0 Å². The van der Waals surface area contributed by atoms with E-state index in [2.05, 4.69) is 4.98 Å². The Morgan fingerprint density at radius 3 is 2.48 bits per heavy atom. The average molecular weight is 346 g/mol. The number of unbranched alkanes of at least 4 members (excludes halogenated alkanes) is 1. The maximum Gasteiger partial charge on any atom is 0.334 e. The van der Waals surface area contributed by atoms with E-state index in [4.69, 9.17) is 20.9 Å². The number of pyridine rings is 1. The lowest BCUT2D eigenvalue weighted by Crippen LogP contribution is -2.11. The SMILES string of the molecule is CCCCOc1nc(N)c([N+](=O)[O-])c(N)c1Cc1ccc(OC)cc1. The van der Waals surface area contributed by atoms with Gasteiger partial charge in [0.05, 0.1) is 18.6 Å². The Hall–Kier alpha value is -3.03. The molecule has 2 rings (SSSR count). The van der Waals surface area contributed by atoms with Crippen LogP contribution in [-0.4, -0.2) is 23.6 Å². The van der Waals surface area contributed by atoms with Crippen molar-refractivity contribution in [3.8, 4) is 11.6 Å². The molecule has 0 radical (unpaired) electrons. The molecule has 1 aromatic carbocycles. The predicted octanol–water partition coefficient (Wildman–Crippen LogP) is 2.93. The molecule has 25 heavy (non-hydrogen) atoms. The van der Waals surface area contributed by atoms with E-state index in [0.717, 1.165) is 24.2 Å². The van der Waals surface area contributed by atoms with Crippen molar-refractivity contribution in [3.05, 3.63) is 45.5 Å². The largest absolute Gasteiger partial charge is 0.497 e. The number of nitrogens with two attached hydrogens (primary N) is 2. The quantitative estimate of drug-likeness (QED) is 0.427. The van der Waals surface area contributed by atoms with Gasteiger partial charge in [-0.1, -0.05) is 25.5 Å². The molecule has 0 fully saturated rings. The summed E-state index contributed by atoms with van der Waals surface area (Å²) in [4.78, 5) is 14.7. The van der Waals surface area contributed by atoms with Crippen LogP contribution in [0.25, 0.3) is 0 Å². The Bertz CT molecular complexity index is 747. The fourth-order valence-corrected chi connectivity index (χ4v) is 2.37. The number of methoxy groups -OCH3 is 1. The molecule has 0 atom stereocenters. The summed E-state index contributed by atoms with van der Waals surface area (Å²) in [6, 6.07) is 7.33. The molecule has 0 bridgehead atoms. The monoisotopic (exact) mass is 346 g/mol. The van der Waals surface area contributed by atoms with Crippen molar-refractivity contribution in [3.63, 3.8) is 0 Å². The zero-order valence-electron chi connectivity index (χ0n) is 14.3. The van der Waals surface area contributed by atoms with Gasteiger partial charge in [-0.25, -0.2) is 0 Å². The first-order valence-corrected chi connectivity index (χ1v) is 7.95. The Balaban J connectivity index is 2.42. The highest BCUT2D eigenvalue weighted by atomic mass is 16.6. The van der Waals surface area contributed by atoms with Crippen LogP contribution >= 0.6 is 0 Å². The van der Waals surface area contributed by atoms with Crippen molar-refractivity contribution in [2.24, 2.45) is 0 Å². The molecule has 0 saturated carbocycles. The number of benzene rings is 1. The summed E-state index contributed by atoms with van der Waals surface area (Å²) in [7, 11) is 1.58. The average Bonchev–Trinajstić information content (AvgIpc) is 2.58. The van der Waals surface area contributed by atoms with E-state index in [1.807, 2.05) is 31.2 Å². The fraction of sp³-hybridized carbons (Fsp3) is 0.353. The first kappa shape index (κ1) is 18.3.